The van der Waals surface area contributed by atoms with Gasteiger partial charge in [0.1, 0.15) is 0 Å². The molecule has 0 aromatic rings. The van der Waals surface area contributed by atoms with Crippen molar-refractivity contribution in [3.63, 3.8) is 0 Å². The third-order valence-corrected chi connectivity index (χ3v) is 4.52. The molecule has 0 spiro atoms. The van der Waals surface area contributed by atoms with E-state index < -0.39 is 0 Å². The van der Waals surface area contributed by atoms with Crippen molar-refractivity contribution in [3.8, 4) is 0 Å². The first-order chi connectivity index (χ1) is 8.08. The molecule has 0 saturated heterocycles. The van der Waals surface area contributed by atoms with Crippen LogP contribution < -0.4 is 5.32 Å². The van der Waals surface area contributed by atoms with Crippen molar-refractivity contribution in [2.24, 2.45) is 17.8 Å². The largest absolute Gasteiger partial charge is 0.314 e. The van der Waals surface area contributed by atoms with E-state index in [2.05, 4.69) is 45.0 Å². The molecular formula is C15H32N2. The van der Waals surface area contributed by atoms with Crippen LogP contribution in [0.5, 0.6) is 0 Å². The first kappa shape index (κ1) is 15.0. The Balaban J connectivity index is 2.55. The standard InChI is InChI=1S/C15H32N2/c1-6-16-15-9-8-13(12(3)4)10-14(15)11-17(5)7-2/h12-16H,6-11H2,1-5H3. The molecule has 0 bridgehead atoms. The highest BCUT2D eigenvalue weighted by Crippen LogP contribution is 2.34. The summed E-state index contributed by atoms with van der Waals surface area (Å²) in [6.07, 6.45) is 4.21. The number of hydrogen-bond acceptors (Lipinski definition) is 2. The Labute approximate surface area is 108 Å². The summed E-state index contributed by atoms with van der Waals surface area (Å²) in [6, 6.07) is 0.754. The van der Waals surface area contributed by atoms with Gasteiger partial charge in [-0.1, -0.05) is 27.7 Å². The number of hydrogen-bond donors (Lipinski definition) is 1. The summed E-state index contributed by atoms with van der Waals surface area (Å²) >= 11 is 0. The van der Waals surface area contributed by atoms with Gasteiger partial charge in [0.15, 0.2) is 0 Å². The zero-order valence-electron chi connectivity index (χ0n) is 12.5. The number of rotatable bonds is 6. The quantitative estimate of drug-likeness (QED) is 0.768. The molecule has 0 aromatic carbocycles. The van der Waals surface area contributed by atoms with Gasteiger partial charge in [-0.3, -0.25) is 0 Å². The van der Waals surface area contributed by atoms with E-state index in [4.69, 9.17) is 0 Å². The highest BCUT2D eigenvalue weighted by Gasteiger charge is 2.31. The molecule has 2 heteroatoms. The molecule has 2 nitrogen and oxygen atoms in total. The minimum Gasteiger partial charge on any atom is -0.314 e. The lowest BCUT2D eigenvalue weighted by Gasteiger charge is -2.40. The van der Waals surface area contributed by atoms with Crippen molar-refractivity contribution >= 4 is 0 Å². The first-order valence-corrected chi connectivity index (χ1v) is 7.50. The highest BCUT2D eigenvalue weighted by molar-refractivity contribution is 4.86. The van der Waals surface area contributed by atoms with Crippen molar-refractivity contribution in [1.82, 2.24) is 10.2 Å². The van der Waals surface area contributed by atoms with Crippen LogP contribution >= 0.6 is 0 Å². The fourth-order valence-electron chi connectivity index (χ4n) is 3.17. The van der Waals surface area contributed by atoms with E-state index in [1.807, 2.05) is 0 Å². The molecular weight excluding hydrogens is 208 g/mol. The van der Waals surface area contributed by atoms with Crippen molar-refractivity contribution < 1.29 is 0 Å². The van der Waals surface area contributed by atoms with Gasteiger partial charge in [-0.25, -0.2) is 0 Å². The van der Waals surface area contributed by atoms with Crippen LogP contribution in [0.15, 0.2) is 0 Å². The van der Waals surface area contributed by atoms with Gasteiger partial charge in [-0.05, 0) is 57.2 Å². The second kappa shape index (κ2) is 7.38. The van der Waals surface area contributed by atoms with Crippen LogP contribution in [0.2, 0.25) is 0 Å². The van der Waals surface area contributed by atoms with Gasteiger partial charge in [-0.15, -0.1) is 0 Å². The van der Waals surface area contributed by atoms with Crippen LogP contribution in [-0.4, -0.2) is 37.6 Å². The predicted octanol–water partition coefficient (Wildman–Crippen LogP) is 2.99. The number of nitrogens with one attached hydrogen (secondary N) is 1. The van der Waals surface area contributed by atoms with Gasteiger partial charge in [0.2, 0.25) is 0 Å². The van der Waals surface area contributed by atoms with Gasteiger partial charge in [0.05, 0.1) is 0 Å². The molecule has 1 saturated carbocycles. The molecule has 3 unspecified atom stereocenters. The molecule has 102 valence electrons. The topological polar surface area (TPSA) is 15.3 Å². The van der Waals surface area contributed by atoms with Crippen molar-refractivity contribution in [2.75, 3.05) is 26.7 Å². The summed E-state index contributed by atoms with van der Waals surface area (Å²) in [5, 5.41) is 3.70. The van der Waals surface area contributed by atoms with Crippen LogP contribution in [0.1, 0.15) is 47.0 Å². The van der Waals surface area contributed by atoms with E-state index in [1.54, 1.807) is 0 Å². The molecule has 1 fully saturated rings. The molecule has 1 N–H and O–H groups in total. The first-order valence-electron chi connectivity index (χ1n) is 7.50. The molecule has 0 heterocycles. The molecule has 3 atom stereocenters. The normalized spacial score (nSPS) is 30.2. The third-order valence-electron chi connectivity index (χ3n) is 4.52. The zero-order valence-corrected chi connectivity index (χ0v) is 12.5. The van der Waals surface area contributed by atoms with Crippen LogP contribution in [0.4, 0.5) is 0 Å². The molecule has 1 rings (SSSR count). The molecule has 0 aliphatic heterocycles. The minimum atomic E-state index is 0.754. The van der Waals surface area contributed by atoms with Crippen molar-refractivity contribution in [2.45, 2.75) is 53.0 Å². The average Bonchev–Trinajstić information content (AvgIpc) is 2.31. The Bertz CT molecular complexity index is 203. The van der Waals surface area contributed by atoms with Gasteiger partial charge in [-0.2, -0.15) is 0 Å². The molecule has 0 amide bonds. The van der Waals surface area contributed by atoms with Crippen LogP contribution in [-0.2, 0) is 0 Å². The Morgan fingerprint density at radius 1 is 1.24 bits per heavy atom. The van der Waals surface area contributed by atoms with E-state index >= 15 is 0 Å². The van der Waals surface area contributed by atoms with Gasteiger partial charge < -0.3 is 10.2 Å². The van der Waals surface area contributed by atoms with Crippen LogP contribution in [0.25, 0.3) is 0 Å². The maximum Gasteiger partial charge on any atom is 0.0108 e. The lowest BCUT2D eigenvalue weighted by Crippen LogP contribution is -2.45. The summed E-state index contributed by atoms with van der Waals surface area (Å²) < 4.78 is 0. The fourth-order valence-corrected chi connectivity index (χ4v) is 3.17. The lowest BCUT2D eigenvalue weighted by atomic mass is 9.73. The second-order valence-electron chi connectivity index (χ2n) is 6.10. The highest BCUT2D eigenvalue weighted by atomic mass is 15.1. The molecule has 0 aromatic heterocycles. The second-order valence-corrected chi connectivity index (χ2v) is 6.10. The molecule has 0 radical (unpaired) electrons. The summed E-state index contributed by atoms with van der Waals surface area (Å²) in [6.45, 7) is 12.8. The summed E-state index contributed by atoms with van der Waals surface area (Å²) in [5.74, 6) is 2.65. The monoisotopic (exact) mass is 240 g/mol. The van der Waals surface area contributed by atoms with E-state index in [-0.39, 0.29) is 0 Å². The zero-order chi connectivity index (χ0) is 12.8. The molecule has 1 aliphatic carbocycles. The maximum absolute atomic E-state index is 3.70. The van der Waals surface area contributed by atoms with E-state index in [1.165, 1.54) is 32.4 Å². The lowest BCUT2D eigenvalue weighted by molar-refractivity contribution is 0.135. The Morgan fingerprint density at radius 3 is 2.47 bits per heavy atom. The molecule has 1 aliphatic rings. The summed E-state index contributed by atoms with van der Waals surface area (Å²) in [5.41, 5.74) is 0. The van der Waals surface area contributed by atoms with E-state index in [0.29, 0.717) is 0 Å². The fraction of sp³-hybridized carbons (Fsp3) is 1.00. The van der Waals surface area contributed by atoms with Crippen molar-refractivity contribution in [1.29, 1.82) is 0 Å². The van der Waals surface area contributed by atoms with Crippen LogP contribution in [0, 0.1) is 17.8 Å². The summed E-state index contributed by atoms with van der Waals surface area (Å²) in [4.78, 5) is 2.47. The smallest absolute Gasteiger partial charge is 0.0108 e. The Morgan fingerprint density at radius 2 is 1.94 bits per heavy atom. The number of nitrogens with zero attached hydrogens (tertiary/aromatic N) is 1. The Kier molecular flexibility index (Phi) is 6.50. The average molecular weight is 240 g/mol. The van der Waals surface area contributed by atoms with Gasteiger partial charge in [0.25, 0.3) is 0 Å². The predicted molar refractivity (Wildman–Crippen MR) is 76.3 cm³/mol. The SMILES string of the molecule is CCNC1CCC(C(C)C)CC1CN(C)CC. The molecule has 17 heavy (non-hydrogen) atoms. The van der Waals surface area contributed by atoms with Gasteiger partial charge >= 0.3 is 0 Å². The van der Waals surface area contributed by atoms with E-state index in [9.17, 15) is 0 Å². The van der Waals surface area contributed by atoms with Crippen LogP contribution in [0.3, 0.4) is 0 Å². The third kappa shape index (κ3) is 4.59. The van der Waals surface area contributed by atoms with Gasteiger partial charge in [0, 0.05) is 12.6 Å². The summed E-state index contributed by atoms with van der Waals surface area (Å²) in [7, 11) is 2.25. The Hall–Kier alpha value is -0.0800. The van der Waals surface area contributed by atoms with E-state index in [0.717, 1.165) is 30.3 Å². The minimum absolute atomic E-state index is 0.754. The van der Waals surface area contributed by atoms with Crippen molar-refractivity contribution in [3.05, 3.63) is 0 Å². The maximum atomic E-state index is 3.70.